The van der Waals surface area contributed by atoms with Crippen LogP contribution in [0, 0.1) is 12.8 Å². The molecule has 5 rings (SSSR count). The molecular weight excluding hydrogens is 433 g/mol. The number of anilines is 1. The van der Waals surface area contributed by atoms with E-state index in [1.54, 1.807) is 27.9 Å². The molecule has 170 valence electrons. The van der Waals surface area contributed by atoms with Crippen LogP contribution in [0.2, 0.25) is 0 Å². The first-order valence-electron chi connectivity index (χ1n) is 10.5. The molecule has 0 spiro atoms. The molecule has 1 aliphatic carbocycles. The number of carbonyl (C=O) groups excluding carboxylic acids is 1. The zero-order valence-electron chi connectivity index (χ0n) is 17.8. The van der Waals surface area contributed by atoms with Crippen LogP contribution in [0.25, 0.3) is 16.6 Å². The van der Waals surface area contributed by atoms with E-state index in [0.29, 0.717) is 46.1 Å². The van der Waals surface area contributed by atoms with Crippen molar-refractivity contribution in [2.24, 2.45) is 5.92 Å². The van der Waals surface area contributed by atoms with Crippen LogP contribution in [0.3, 0.4) is 0 Å². The van der Waals surface area contributed by atoms with Gasteiger partial charge in [-0.15, -0.1) is 0 Å². The number of aryl methyl sites for hydroxylation is 1. The number of imidazole rings is 1. The maximum absolute atomic E-state index is 13.6. The zero-order valence-corrected chi connectivity index (χ0v) is 17.8. The number of hydrogen-bond donors (Lipinski definition) is 1. The predicted molar refractivity (Wildman–Crippen MR) is 116 cm³/mol. The molecule has 1 aromatic carbocycles. The lowest BCUT2D eigenvalue weighted by atomic mass is 10.1. The summed E-state index contributed by atoms with van der Waals surface area (Å²) in [5.41, 5.74) is 8.84. The number of fused-ring (bicyclic) bond motifs is 3. The first kappa shape index (κ1) is 21.2. The Morgan fingerprint density at radius 3 is 2.67 bits per heavy atom. The Morgan fingerprint density at radius 2 is 2.00 bits per heavy atom. The smallest absolute Gasteiger partial charge is 0.382 e. The SMILES string of the molecule is Cc1cc2nc(N)c3cncn3c2cc1C(=O)N(Cc1ccc(C(F)(F)F)cn1)CC1CC1. The minimum absolute atomic E-state index is 0.130. The molecule has 1 amide bonds. The van der Waals surface area contributed by atoms with Crippen LogP contribution >= 0.6 is 0 Å². The molecule has 1 fully saturated rings. The van der Waals surface area contributed by atoms with E-state index in [1.807, 2.05) is 13.0 Å². The van der Waals surface area contributed by atoms with Crippen molar-refractivity contribution < 1.29 is 18.0 Å². The van der Waals surface area contributed by atoms with Crippen molar-refractivity contribution in [1.82, 2.24) is 24.3 Å². The molecule has 33 heavy (non-hydrogen) atoms. The van der Waals surface area contributed by atoms with Gasteiger partial charge in [-0.3, -0.25) is 14.2 Å². The fraction of sp³-hybridized carbons (Fsp3) is 0.304. The summed E-state index contributed by atoms with van der Waals surface area (Å²) in [5, 5.41) is 0. The summed E-state index contributed by atoms with van der Waals surface area (Å²) in [5.74, 6) is 0.543. The van der Waals surface area contributed by atoms with Crippen LogP contribution in [-0.4, -0.2) is 36.7 Å². The average Bonchev–Trinajstić information content (AvgIpc) is 3.44. The van der Waals surface area contributed by atoms with Gasteiger partial charge in [0.25, 0.3) is 5.91 Å². The second-order valence-corrected chi connectivity index (χ2v) is 8.47. The number of pyridine rings is 1. The zero-order chi connectivity index (χ0) is 23.3. The molecule has 4 aromatic rings. The first-order valence-corrected chi connectivity index (χ1v) is 10.5. The Labute approximate surface area is 187 Å². The van der Waals surface area contributed by atoms with Gasteiger partial charge in [-0.2, -0.15) is 13.2 Å². The highest BCUT2D eigenvalue weighted by Crippen LogP contribution is 2.32. The van der Waals surface area contributed by atoms with Crippen LogP contribution in [0.4, 0.5) is 19.0 Å². The van der Waals surface area contributed by atoms with Gasteiger partial charge in [0.15, 0.2) is 0 Å². The van der Waals surface area contributed by atoms with Gasteiger partial charge < -0.3 is 10.6 Å². The molecule has 7 nitrogen and oxygen atoms in total. The number of nitrogens with zero attached hydrogens (tertiary/aromatic N) is 5. The molecule has 0 radical (unpaired) electrons. The van der Waals surface area contributed by atoms with E-state index in [2.05, 4.69) is 15.0 Å². The van der Waals surface area contributed by atoms with Crippen LogP contribution in [0.5, 0.6) is 0 Å². The third-order valence-corrected chi connectivity index (χ3v) is 5.92. The Balaban J connectivity index is 1.50. The maximum atomic E-state index is 13.6. The Bertz CT molecular complexity index is 1360. The van der Waals surface area contributed by atoms with Gasteiger partial charge in [0.2, 0.25) is 0 Å². The van der Waals surface area contributed by atoms with Crippen molar-refractivity contribution in [3.8, 4) is 0 Å². The second kappa shape index (κ2) is 7.72. The molecule has 0 aliphatic heterocycles. The molecule has 0 bridgehead atoms. The number of nitrogens with two attached hydrogens (primary N) is 1. The molecular formula is C23H21F3N6O. The molecule has 0 saturated heterocycles. The van der Waals surface area contributed by atoms with E-state index in [4.69, 9.17) is 5.73 Å². The number of amides is 1. The van der Waals surface area contributed by atoms with Crippen molar-refractivity contribution in [3.63, 3.8) is 0 Å². The molecule has 10 heteroatoms. The van der Waals surface area contributed by atoms with Gasteiger partial charge in [0.05, 0.1) is 41.4 Å². The minimum Gasteiger partial charge on any atom is -0.382 e. The summed E-state index contributed by atoms with van der Waals surface area (Å²) in [6.07, 6.45) is 1.64. The van der Waals surface area contributed by atoms with E-state index in [9.17, 15) is 18.0 Å². The summed E-state index contributed by atoms with van der Waals surface area (Å²) in [4.78, 5) is 27.8. The summed E-state index contributed by atoms with van der Waals surface area (Å²) >= 11 is 0. The van der Waals surface area contributed by atoms with Gasteiger partial charge in [0, 0.05) is 18.3 Å². The van der Waals surface area contributed by atoms with Crippen LogP contribution < -0.4 is 5.73 Å². The minimum atomic E-state index is -4.45. The van der Waals surface area contributed by atoms with Gasteiger partial charge in [-0.25, -0.2) is 9.97 Å². The summed E-state index contributed by atoms with van der Waals surface area (Å²) in [7, 11) is 0. The lowest BCUT2D eigenvalue weighted by molar-refractivity contribution is -0.137. The van der Waals surface area contributed by atoms with Crippen LogP contribution in [0.15, 0.2) is 43.0 Å². The predicted octanol–water partition coefficient (Wildman–Crippen LogP) is 4.24. The number of halogens is 3. The summed E-state index contributed by atoms with van der Waals surface area (Å²) < 4.78 is 40.4. The molecule has 0 atom stereocenters. The van der Waals surface area contributed by atoms with Crippen molar-refractivity contribution in [2.45, 2.75) is 32.5 Å². The normalized spacial score (nSPS) is 14.2. The largest absolute Gasteiger partial charge is 0.417 e. The van der Waals surface area contributed by atoms with E-state index in [0.717, 1.165) is 30.7 Å². The van der Waals surface area contributed by atoms with Gasteiger partial charge >= 0.3 is 6.18 Å². The van der Waals surface area contributed by atoms with Crippen LogP contribution in [0.1, 0.15) is 40.0 Å². The highest BCUT2D eigenvalue weighted by Gasteiger charge is 2.31. The quantitative estimate of drug-likeness (QED) is 0.487. The molecule has 2 N–H and O–H groups in total. The topological polar surface area (TPSA) is 89.4 Å². The van der Waals surface area contributed by atoms with E-state index in [1.165, 1.54) is 6.07 Å². The van der Waals surface area contributed by atoms with Crippen molar-refractivity contribution in [2.75, 3.05) is 12.3 Å². The fourth-order valence-corrected chi connectivity index (χ4v) is 3.94. The maximum Gasteiger partial charge on any atom is 0.417 e. The standard InChI is InChI=1S/C23H21F3N6O/c1-13-6-18-19(32-12-28-9-20(32)21(27)30-18)7-17(13)22(33)31(10-14-2-3-14)11-16-5-4-15(8-29-16)23(24,25)26/h4-9,12,14H,2-3,10-11H2,1H3,(H2,27,30). The first-order chi connectivity index (χ1) is 15.7. The summed E-state index contributed by atoms with van der Waals surface area (Å²) in [6, 6.07) is 5.90. The van der Waals surface area contributed by atoms with E-state index in [-0.39, 0.29) is 12.5 Å². The monoisotopic (exact) mass is 454 g/mol. The van der Waals surface area contributed by atoms with Crippen molar-refractivity contribution in [3.05, 3.63) is 65.4 Å². The fourth-order valence-electron chi connectivity index (χ4n) is 3.94. The molecule has 3 aromatic heterocycles. The summed E-state index contributed by atoms with van der Waals surface area (Å²) in [6.45, 7) is 2.49. The number of rotatable bonds is 5. The van der Waals surface area contributed by atoms with Gasteiger partial charge in [0.1, 0.15) is 11.3 Å². The third kappa shape index (κ3) is 4.08. The Kier molecular flexibility index (Phi) is 4.95. The van der Waals surface area contributed by atoms with Crippen LogP contribution in [-0.2, 0) is 12.7 Å². The Morgan fingerprint density at radius 1 is 1.21 bits per heavy atom. The number of hydrogen-bond acceptors (Lipinski definition) is 5. The molecule has 1 aliphatic rings. The van der Waals surface area contributed by atoms with Gasteiger partial charge in [-0.05, 0) is 55.5 Å². The van der Waals surface area contributed by atoms with Crippen molar-refractivity contribution >= 4 is 28.3 Å². The lowest BCUT2D eigenvalue weighted by Gasteiger charge is -2.24. The Hall–Kier alpha value is -3.69. The highest BCUT2D eigenvalue weighted by molar-refractivity contribution is 5.99. The number of nitrogen functional groups attached to an aromatic ring is 1. The molecule has 0 unspecified atom stereocenters. The number of carbonyl (C=O) groups is 1. The molecule has 3 heterocycles. The number of benzene rings is 1. The lowest BCUT2D eigenvalue weighted by Crippen LogP contribution is -2.33. The van der Waals surface area contributed by atoms with E-state index < -0.39 is 11.7 Å². The highest BCUT2D eigenvalue weighted by atomic mass is 19.4. The van der Waals surface area contributed by atoms with Gasteiger partial charge in [-0.1, -0.05) is 0 Å². The second-order valence-electron chi connectivity index (χ2n) is 8.47. The molecule has 1 saturated carbocycles. The average molecular weight is 454 g/mol. The van der Waals surface area contributed by atoms with E-state index >= 15 is 0 Å². The third-order valence-electron chi connectivity index (χ3n) is 5.92. The van der Waals surface area contributed by atoms with Crippen molar-refractivity contribution in [1.29, 1.82) is 0 Å². The number of alkyl halides is 3. The number of aromatic nitrogens is 4.